The lowest BCUT2D eigenvalue weighted by Gasteiger charge is -2.11. The van der Waals surface area contributed by atoms with Crippen LogP contribution in [-0.2, 0) is 0 Å². The predicted octanol–water partition coefficient (Wildman–Crippen LogP) is 4.51. The minimum Gasteiger partial charge on any atom is -0.492 e. The van der Waals surface area contributed by atoms with Crippen LogP contribution in [0.15, 0.2) is 22.7 Å². The van der Waals surface area contributed by atoms with Gasteiger partial charge in [0.15, 0.2) is 0 Å². The fraction of sp³-hybridized carbons (Fsp3) is 0.400. The molecule has 0 fully saturated rings. The molecule has 0 saturated heterocycles. The minimum absolute atomic E-state index is 0.280. The van der Waals surface area contributed by atoms with Crippen LogP contribution in [0.25, 0.3) is 0 Å². The van der Waals surface area contributed by atoms with E-state index in [9.17, 15) is 13.2 Å². The Morgan fingerprint density at radius 2 is 1.94 bits per heavy atom. The highest BCUT2D eigenvalue weighted by atomic mass is 79.9. The van der Waals surface area contributed by atoms with Crippen molar-refractivity contribution in [2.45, 2.75) is 12.8 Å². The van der Waals surface area contributed by atoms with Crippen molar-refractivity contribution in [3.05, 3.63) is 22.7 Å². The third-order valence-corrected chi connectivity index (χ3v) is 2.85. The topological polar surface area (TPSA) is 18.5 Å². The first-order chi connectivity index (χ1) is 7.92. The van der Waals surface area contributed by atoms with Crippen LogP contribution >= 0.6 is 31.9 Å². The molecule has 1 rings (SSSR count). The predicted molar refractivity (Wildman–Crippen MR) is 64.7 cm³/mol. The van der Waals surface area contributed by atoms with E-state index in [4.69, 9.17) is 4.74 Å². The first-order valence-corrected chi connectivity index (χ1v) is 6.58. The normalized spacial score (nSPS) is 11.4. The molecule has 0 amide bonds. The molecule has 2 nitrogen and oxygen atoms in total. The molecule has 1 aromatic rings. The van der Waals surface area contributed by atoms with Gasteiger partial charge < -0.3 is 9.47 Å². The molecule has 0 aliphatic carbocycles. The van der Waals surface area contributed by atoms with Crippen LogP contribution in [0.2, 0.25) is 0 Å². The Kier molecular flexibility index (Phi) is 5.58. The summed E-state index contributed by atoms with van der Waals surface area (Å²) in [6, 6.07) is 3.86. The molecule has 0 spiro atoms. The van der Waals surface area contributed by atoms with E-state index in [0.717, 1.165) is 11.8 Å². The van der Waals surface area contributed by atoms with Crippen molar-refractivity contribution in [1.29, 1.82) is 0 Å². The molecule has 0 N–H and O–H groups in total. The lowest BCUT2D eigenvalue weighted by Crippen LogP contribution is -2.17. The van der Waals surface area contributed by atoms with Gasteiger partial charge in [0.1, 0.15) is 11.5 Å². The number of alkyl halides is 4. The molecule has 96 valence electrons. The SMILES string of the molecule is FC(F)(F)Oc1ccc(OCCCBr)c(Br)c1. The summed E-state index contributed by atoms with van der Waals surface area (Å²) in [6.07, 6.45) is -3.87. The van der Waals surface area contributed by atoms with E-state index in [2.05, 4.69) is 36.6 Å². The summed E-state index contributed by atoms with van der Waals surface area (Å²) < 4.78 is 45.4. The Morgan fingerprint density at radius 1 is 1.24 bits per heavy atom. The maximum Gasteiger partial charge on any atom is 0.573 e. The molecule has 0 aliphatic heterocycles. The van der Waals surface area contributed by atoms with Crippen LogP contribution < -0.4 is 9.47 Å². The second-order valence-corrected chi connectivity index (χ2v) is 4.68. The van der Waals surface area contributed by atoms with Crippen LogP contribution in [0.4, 0.5) is 13.2 Å². The lowest BCUT2D eigenvalue weighted by atomic mass is 10.3. The van der Waals surface area contributed by atoms with Gasteiger partial charge in [0.05, 0.1) is 11.1 Å². The van der Waals surface area contributed by atoms with Crippen molar-refractivity contribution in [2.75, 3.05) is 11.9 Å². The molecule has 17 heavy (non-hydrogen) atoms. The van der Waals surface area contributed by atoms with Gasteiger partial charge >= 0.3 is 6.36 Å². The van der Waals surface area contributed by atoms with Gasteiger partial charge in [0.25, 0.3) is 0 Å². The first-order valence-electron chi connectivity index (χ1n) is 4.66. The van der Waals surface area contributed by atoms with Crippen molar-refractivity contribution in [3.63, 3.8) is 0 Å². The number of rotatable bonds is 5. The summed E-state index contributed by atoms with van der Waals surface area (Å²) in [4.78, 5) is 0. The quantitative estimate of drug-likeness (QED) is 0.555. The number of hydrogen-bond donors (Lipinski definition) is 0. The summed E-state index contributed by atoms with van der Waals surface area (Å²) in [5.41, 5.74) is 0. The molecule has 0 radical (unpaired) electrons. The van der Waals surface area contributed by atoms with Crippen molar-refractivity contribution in [2.24, 2.45) is 0 Å². The number of hydrogen-bond acceptors (Lipinski definition) is 2. The van der Waals surface area contributed by atoms with E-state index in [1.54, 1.807) is 0 Å². The molecule has 1 aromatic carbocycles. The van der Waals surface area contributed by atoms with E-state index in [-0.39, 0.29) is 5.75 Å². The van der Waals surface area contributed by atoms with Gasteiger partial charge in [0, 0.05) is 5.33 Å². The van der Waals surface area contributed by atoms with Crippen molar-refractivity contribution in [1.82, 2.24) is 0 Å². The highest BCUT2D eigenvalue weighted by Gasteiger charge is 2.31. The van der Waals surface area contributed by atoms with E-state index in [0.29, 0.717) is 16.8 Å². The Morgan fingerprint density at radius 3 is 2.47 bits per heavy atom. The molecule has 7 heteroatoms. The largest absolute Gasteiger partial charge is 0.573 e. The van der Waals surface area contributed by atoms with Crippen LogP contribution in [0.3, 0.4) is 0 Å². The molecule has 0 aliphatic rings. The van der Waals surface area contributed by atoms with Crippen LogP contribution in [0.1, 0.15) is 6.42 Å². The molecule has 0 unspecified atom stereocenters. The van der Waals surface area contributed by atoms with Gasteiger partial charge in [-0.1, -0.05) is 15.9 Å². The third kappa shape index (κ3) is 5.63. The molecule has 0 heterocycles. The van der Waals surface area contributed by atoms with Gasteiger partial charge in [0.2, 0.25) is 0 Å². The van der Waals surface area contributed by atoms with Gasteiger partial charge in [-0.25, -0.2) is 0 Å². The molecule has 0 aromatic heterocycles. The van der Waals surface area contributed by atoms with E-state index in [1.165, 1.54) is 18.2 Å². The number of halogens is 5. The molecule has 0 bridgehead atoms. The van der Waals surface area contributed by atoms with Crippen LogP contribution in [0, 0.1) is 0 Å². The zero-order valence-corrected chi connectivity index (χ0v) is 11.7. The van der Waals surface area contributed by atoms with Crippen molar-refractivity contribution >= 4 is 31.9 Å². The van der Waals surface area contributed by atoms with Gasteiger partial charge in [-0.05, 0) is 40.5 Å². The smallest absolute Gasteiger partial charge is 0.492 e. The Balaban J connectivity index is 2.66. The maximum atomic E-state index is 11.9. The number of ether oxygens (including phenoxy) is 2. The second-order valence-electron chi connectivity index (χ2n) is 3.03. The Hall–Kier alpha value is -0.430. The minimum atomic E-state index is -4.68. The van der Waals surface area contributed by atoms with E-state index in [1.807, 2.05) is 0 Å². The standard InChI is InChI=1S/C10H9Br2F3O2/c11-4-1-5-16-9-3-2-7(6-8(9)12)17-10(13,14)15/h2-3,6H,1,4-5H2. The zero-order chi connectivity index (χ0) is 12.9. The fourth-order valence-corrected chi connectivity index (χ4v) is 1.73. The highest BCUT2D eigenvalue weighted by Crippen LogP contribution is 2.31. The second kappa shape index (κ2) is 6.49. The average Bonchev–Trinajstić information content (AvgIpc) is 2.19. The van der Waals surface area contributed by atoms with Crippen LogP contribution in [-0.4, -0.2) is 18.3 Å². The van der Waals surface area contributed by atoms with Gasteiger partial charge in [-0.15, -0.1) is 13.2 Å². The molecule has 0 atom stereocenters. The van der Waals surface area contributed by atoms with Crippen molar-refractivity contribution in [3.8, 4) is 11.5 Å². The maximum absolute atomic E-state index is 11.9. The fourth-order valence-electron chi connectivity index (χ4n) is 1.03. The third-order valence-electron chi connectivity index (χ3n) is 1.67. The van der Waals surface area contributed by atoms with E-state index < -0.39 is 6.36 Å². The summed E-state index contributed by atoms with van der Waals surface area (Å²) in [5, 5.41) is 0.805. The first kappa shape index (κ1) is 14.6. The Bertz CT molecular complexity index is 369. The average molecular weight is 378 g/mol. The van der Waals surface area contributed by atoms with Gasteiger partial charge in [-0.3, -0.25) is 0 Å². The molecular formula is C10H9Br2F3O2. The molecule has 0 saturated carbocycles. The summed E-state index contributed by atoms with van der Waals surface area (Å²) in [7, 11) is 0. The van der Waals surface area contributed by atoms with Crippen molar-refractivity contribution < 1.29 is 22.6 Å². The Labute approximate surface area is 113 Å². The summed E-state index contributed by atoms with van der Waals surface area (Å²) in [6.45, 7) is 0.489. The van der Waals surface area contributed by atoms with Gasteiger partial charge in [-0.2, -0.15) is 0 Å². The number of benzene rings is 1. The summed E-state index contributed by atoms with van der Waals surface area (Å²) >= 11 is 6.37. The highest BCUT2D eigenvalue weighted by molar-refractivity contribution is 9.10. The monoisotopic (exact) mass is 376 g/mol. The van der Waals surface area contributed by atoms with Crippen LogP contribution in [0.5, 0.6) is 11.5 Å². The lowest BCUT2D eigenvalue weighted by molar-refractivity contribution is -0.274. The zero-order valence-electron chi connectivity index (χ0n) is 8.56. The molecular weight excluding hydrogens is 369 g/mol. The van der Waals surface area contributed by atoms with E-state index >= 15 is 0 Å². The summed E-state index contributed by atoms with van der Waals surface area (Å²) in [5.74, 6) is 0.206.